The minimum absolute atomic E-state index is 0.0536. The fourth-order valence-corrected chi connectivity index (χ4v) is 2.93. The number of aromatic nitrogens is 4. The van der Waals surface area contributed by atoms with E-state index in [1.807, 2.05) is 18.7 Å². The summed E-state index contributed by atoms with van der Waals surface area (Å²) < 4.78 is 31.2. The molecule has 0 saturated carbocycles. The van der Waals surface area contributed by atoms with Crippen molar-refractivity contribution in [2.24, 2.45) is 0 Å². The van der Waals surface area contributed by atoms with E-state index in [0.717, 1.165) is 0 Å². The number of ether oxygens (including phenoxy) is 3. The van der Waals surface area contributed by atoms with Gasteiger partial charge in [-0.25, -0.2) is 4.39 Å². The largest absolute Gasteiger partial charge is 0.489 e. The van der Waals surface area contributed by atoms with Gasteiger partial charge in [-0.3, -0.25) is 0 Å². The Kier molecular flexibility index (Phi) is 5.90. The van der Waals surface area contributed by atoms with Gasteiger partial charge in [0.05, 0.1) is 35.5 Å². The standard InChI is InChI=1S/C16H21ClFN5O3/c1-10(2)25-6-4-22-5-7-26-12-8-11(17)14(18)13(15(12)22)16-19-21-23(20-16)9-24-3/h8,10H,4-7,9H2,1-3H3. The van der Waals surface area contributed by atoms with Crippen molar-refractivity contribution in [2.45, 2.75) is 26.7 Å². The molecule has 10 heteroatoms. The van der Waals surface area contributed by atoms with Crippen molar-refractivity contribution in [2.75, 3.05) is 38.3 Å². The summed E-state index contributed by atoms with van der Waals surface area (Å²) in [5, 5.41) is 11.9. The van der Waals surface area contributed by atoms with Gasteiger partial charge in [-0.1, -0.05) is 11.6 Å². The van der Waals surface area contributed by atoms with E-state index in [1.54, 1.807) is 0 Å². The Morgan fingerprint density at radius 3 is 2.96 bits per heavy atom. The first-order valence-electron chi connectivity index (χ1n) is 8.29. The van der Waals surface area contributed by atoms with Crippen LogP contribution in [0.25, 0.3) is 11.4 Å². The Balaban J connectivity index is 2.01. The number of nitrogens with zero attached hydrogens (tertiary/aromatic N) is 5. The number of methoxy groups -OCH3 is 1. The van der Waals surface area contributed by atoms with Crippen LogP contribution in [0.1, 0.15) is 13.8 Å². The quantitative estimate of drug-likeness (QED) is 0.724. The molecule has 1 aliphatic rings. The maximum Gasteiger partial charge on any atom is 0.210 e. The topological polar surface area (TPSA) is 74.5 Å². The predicted molar refractivity (Wildman–Crippen MR) is 94.0 cm³/mol. The van der Waals surface area contributed by atoms with E-state index in [2.05, 4.69) is 15.4 Å². The van der Waals surface area contributed by atoms with Crippen molar-refractivity contribution in [3.8, 4) is 17.1 Å². The van der Waals surface area contributed by atoms with Crippen molar-refractivity contribution in [1.29, 1.82) is 0 Å². The van der Waals surface area contributed by atoms with Gasteiger partial charge in [0.1, 0.15) is 12.4 Å². The lowest BCUT2D eigenvalue weighted by Crippen LogP contribution is -2.36. The third-order valence-corrected chi connectivity index (χ3v) is 4.10. The van der Waals surface area contributed by atoms with Crippen LogP contribution in [0.3, 0.4) is 0 Å². The molecular weight excluding hydrogens is 365 g/mol. The van der Waals surface area contributed by atoms with Crippen LogP contribution in [-0.2, 0) is 16.2 Å². The highest BCUT2D eigenvalue weighted by Gasteiger charge is 2.29. The molecule has 0 saturated heterocycles. The Labute approximate surface area is 155 Å². The minimum atomic E-state index is -0.609. The summed E-state index contributed by atoms with van der Waals surface area (Å²) in [6, 6.07) is 1.48. The Morgan fingerprint density at radius 2 is 2.23 bits per heavy atom. The molecule has 0 spiro atoms. The summed E-state index contributed by atoms with van der Waals surface area (Å²) in [6.07, 6.45) is 0.118. The molecule has 8 nitrogen and oxygen atoms in total. The molecule has 2 heterocycles. The number of fused-ring (bicyclic) bond motifs is 1. The zero-order chi connectivity index (χ0) is 18.7. The molecule has 0 amide bonds. The average molecular weight is 386 g/mol. The first-order valence-corrected chi connectivity index (χ1v) is 8.67. The highest BCUT2D eigenvalue weighted by molar-refractivity contribution is 6.31. The van der Waals surface area contributed by atoms with E-state index in [9.17, 15) is 4.39 Å². The van der Waals surface area contributed by atoms with E-state index >= 15 is 0 Å². The first kappa shape index (κ1) is 18.8. The van der Waals surface area contributed by atoms with Gasteiger partial charge in [0.15, 0.2) is 12.5 Å². The lowest BCUT2D eigenvalue weighted by atomic mass is 10.1. The van der Waals surface area contributed by atoms with E-state index in [0.29, 0.717) is 37.7 Å². The molecule has 0 atom stereocenters. The molecule has 1 aromatic heterocycles. The van der Waals surface area contributed by atoms with Gasteiger partial charge in [-0.2, -0.15) is 0 Å². The molecule has 1 aliphatic heterocycles. The molecule has 3 rings (SSSR count). The Hall–Kier alpha value is -1.97. The van der Waals surface area contributed by atoms with Gasteiger partial charge in [-0.15, -0.1) is 15.0 Å². The van der Waals surface area contributed by atoms with Crippen LogP contribution in [0.4, 0.5) is 10.1 Å². The van der Waals surface area contributed by atoms with Crippen molar-refractivity contribution in [3.05, 3.63) is 16.9 Å². The van der Waals surface area contributed by atoms with Crippen molar-refractivity contribution in [3.63, 3.8) is 0 Å². The molecule has 0 aliphatic carbocycles. The molecule has 0 N–H and O–H groups in total. The summed E-state index contributed by atoms with van der Waals surface area (Å²) in [6.45, 7) is 6.19. The smallest absolute Gasteiger partial charge is 0.210 e. The monoisotopic (exact) mass is 385 g/mol. The van der Waals surface area contributed by atoms with Gasteiger partial charge in [0, 0.05) is 19.7 Å². The van der Waals surface area contributed by atoms with Crippen LogP contribution < -0.4 is 9.64 Å². The summed E-state index contributed by atoms with van der Waals surface area (Å²) in [7, 11) is 1.51. The van der Waals surface area contributed by atoms with E-state index in [1.165, 1.54) is 18.0 Å². The molecule has 26 heavy (non-hydrogen) atoms. The number of rotatable bonds is 7. The van der Waals surface area contributed by atoms with E-state index in [-0.39, 0.29) is 29.2 Å². The van der Waals surface area contributed by atoms with Crippen molar-refractivity contribution < 1.29 is 18.6 Å². The summed E-state index contributed by atoms with van der Waals surface area (Å²) in [4.78, 5) is 3.23. The molecule has 0 bridgehead atoms. The van der Waals surface area contributed by atoms with Gasteiger partial charge >= 0.3 is 0 Å². The molecular formula is C16H21ClFN5O3. The maximum absolute atomic E-state index is 14.9. The van der Waals surface area contributed by atoms with Crippen molar-refractivity contribution >= 4 is 17.3 Å². The van der Waals surface area contributed by atoms with Gasteiger partial charge in [0.2, 0.25) is 5.82 Å². The maximum atomic E-state index is 14.9. The zero-order valence-electron chi connectivity index (χ0n) is 14.9. The average Bonchev–Trinajstić information content (AvgIpc) is 3.04. The zero-order valence-corrected chi connectivity index (χ0v) is 15.7. The molecule has 0 unspecified atom stereocenters. The second-order valence-electron chi connectivity index (χ2n) is 6.05. The van der Waals surface area contributed by atoms with E-state index < -0.39 is 5.82 Å². The Bertz CT molecular complexity index is 771. The highest BCUT2D eigenvalue weighted by atomic mass is 35.5. The van der Waals surface area contributed by atoms with Gasteiger partial charge in [0.25, 0.3) is 0 Å². The molecule has 1 aromatic carbocycles. The SMILES string of the molecule is COCn1nnc(-c2c(F)c(Cl)cc3c2N(CCOC(C)C)CCO3)n1. The lowest BCUT2D eigenvalue weighted by molar-refractivity contribution is 0.0833. The fourth-order valence-electron chi connectivity index (χ4n) is 2.73. The third-order valence-electron chi connectivity index (χ3n) is 3.83. The summed E-state index contributed by atoms with van der Waals surface area (Å²) in [5.74, 6) is 0.00604. The summed E-state index contributed by atoms with van der Waals surface area (Å²) in [5.41, 5.74) is 0.724. The second kappa shape index (κ2) is 8.15. The summed E-state index contributed by atoms with van der Waals surface area (Å²) >= 11 is 6.06. The highest BCUT2D eigenvalue weighted by Crippen LogP contribution is 2.44. The number of hydrogen-bond donors (Lipinski definition) is 0. The number of tetrazole rings is 1. The van der Waals surface area contributed by atoms with Crippen LogP contribution >= 0.6 is 11.6 Å². The normalized spacial score (nSPS) is 13.8. The first-order chi connectivity index (χ1) is 12.5. The molecule has 142 valence electrons. The molecule has 2 aromatic rings. The van der Waals surface area contributed by atoms with Crippen molar-refractivity contribution in [1.82, 2.24) is 20.2 Å². The number of halogens is 2. The van der Waals surface area contributed by atoms with Crippen LogP contribution in [0.5, 0.6) is 5.75 Å². The molecule has 0 radical (unpaired) electrons. The lowest BCUT2D eigenvalue weighted by Gasteiger charge is -2.33. The van der Waals surface area contributed by atoms with Gasteiger partial charge < -0.3 is 19.1 Å². The predicted octanol–water partition coefficient (Wildman–Crippen LogP) is 2.36. The van der Waals surface area contributed by atoms with Crippen LogP contribution in [-0.4, -0.2) is 59.7 Å². The number of benzene rings is 1. The van der Waals surface area contributed by atoms with Crippen LogP contribution in [0, 0.1) is 5.82 Å². The third kappa shape index (κ3) is 3.89. The minimum Gasteiger partial charge on any atom is -0.489 e. The van der Waals surface area contributed by atoms with E-state index in [4.69, 9.17) is 25.8 Å². The second-order valence-corrected chi connectivity index (χ2v) is 6.46. The Morgan fingerprint density at radius 1 is 1.42 bits per heavy atom. The number of anilines is 1. The fraction of sp³-hybridized carbons (Fsp3) is 0.562. The van der Waals surface area contributed by atoms with Crippen LogP contribution in [0.15, 0.2) is 6.07 Å². The van der Waals surface area contributed by atoms with Crippen LogP contribution in [0.2, 0.25) is 5.02 Å². The number of hydrogen-bond acceptors (Lipinski definition) is 7. The molecule has 0 fully saturated rings. The van der Waals surface area contributed by atoms with Gasteiger partial charge in [-0.05, 0) is 19.1 Å².